The van der Waals surface area contributed by atoms with Crippen LogP contribution in [0.25, 0.3) is 33.5 Å². The number of halogens is 1. The van der Waals surface area contributed by atoms with Crippen molar-refractivity contribution in [2.45, 2.75) is 25.8 Å². The first-order valence-corrected chi connectivity index (χ1v) is 12.6. The van der Waals surface area contributed by atoms with E-state index in [1.807, 2.05) is 24.1 Å². The molecule has 0 radical (unpaired) electrons. The van der Waals surface area contributed by atoms with Gasteiger partial charge in [-0.2, -0.15) is 0 Å². The molecule has 5 rings (SSSR count). The van der Waals surface area contributed by atoms with Crippen LogP contribution in [0.15, 0.2) is 36.9 Å². The number of carbonyl (C=O) groups is 1. The van der Waals surface area contributed by atoms with Crippen LogP contribution >= 0.6 is 0 Å². The van der Waals surface area contributed by atoms with Crippen molar-refractivity contribution >= 4 is 28.0 Å². The molecule has 0 bridgehead atoms. The maximum atomic E-state index is 13.8. The van der Waals surface area contributed by atoms with Crippen molar-refractivity contribution in [3.63, 3.8) is 0 Å². The zero-order chi connectivity index (χ0) is 25.6. The van der Waals surface area contributed by atoms with Gasteiger partial charge in [0.25, 0.3) is 0 Å². The number of hydrogen-bond donors (Lipinski definition) is 1. The summed E-state index contributed by atoms with van der Waals surface area (Å²) in [4.78, 5) is 31.1. The molecule has 0 aromatic carbocycles. The fraction of sp³-hybridized carbons (Fsp3) is 0.462. The highest BCUT2D eigenvalue weighted by atomic mass is 19.1. The van der Waals surface area contributed by atoms with E-state index >= 15 is 0 Å². The molecule has 1 amide bonds. The highest BCUT2D eigenvalue weighted by Gasteiger charge is 2.26. The standard InChI is InChI=1S/C26H31FN6O4/c1-2-35-8-9-36-10-11-37-17-23(34)32-6-3-4-20(16-32)33-7-5-18-13-28-25(31-26(18)33)22-15-30-24-21(22)12-19(27)14-29-24/h5,7,12-15,20H,2-4,6,8-11,16-17H2,1H3,(H,29,30)/t20-/m0/s1. The Labute approximate surface area is 213 Å². The van der Waals surface area contributed by atoms with Crippen molar-refractivity contribution in [2.24, 2.45) is 0 Å². The molecule has 1 fully saturated rings. The highest BCUT2D eigenvalue weighted by molar-refractivity contribution is 5.92. The van der Waals surface area contributed by atoms with Crippen LogP contribution in [-0.4, -0.2) is 88.0 Å². The van der Waals surface area contributed by atoms with Crippen molar-refractivity contribution < 1.29 is 23.4 Å². The number of fused-ring (bicyclic) bond motifs is 2. The quantitative estimate of drug-likeness (QED) is 0.308. The van der Waals surface area contributed by atoms with Crippen molar-refractivity contribution in [3.05, 3.63) is 42.7 Å². The van der Waals surface area contributed by atoms with Gasteiger partial charge in [-0.1, -0.05) is 0 Å². The maximum absolute atomic E-state index is 13.8. The largest absolute Gasteiger partial charge is 0.379 e. The normalized spacial score (nSPS) is 16.2. The Bertz CT molecular complexity index is 1360. The number of carbonyl (C=O) groups excluding carboxylic acids is 1. The van der Waals surface area contributed by atoms with Crippen LogP contribution in [0, 0.1) is 5.82 Å². The molecular formula is C26H31FN6O4. The Morgan fingerprint density at radius 2 is 2.00 bits per heavy atom. The molecule has 5 heterocycles. The number of aromatic nitrogens is 5. The van der Waals surface area contributed by atoms with Gasteiger partial charge in [0, 0.05) is 54.6 Å². The van der Waals surface area contributed by atoms with E-state index in [2.05, 4.69) is 19.5 Å². The van der Waals surface area contributed by atoms with Crippen LogP contribution in [-0.2, 0) is 19.0 Å². The minimum atomic E-state index is -0.414. The lowest BCUT2D eigenvalue weighted by molar-refractivity contribution is -0.138. The molecule has 11 heteroatoms. The number of amides is 1. The average molecular weight is 511 g/mol. The average Bonchev–Trinajstić information content (AvgIpc) is 3.53. The number of nitrogens with one attached hydrogen (secondary N) is 1. The van der Waals surface area contributed by atoms with Gasteiger partial charge in [-0.15, -0.1) is 0 Å². The molecule has 1 N–H and O–H groups in total. The molecular weight excluding hydrogens is 479 g/mol. The van der Waals surface area contributed by atoms with E-state index < -0.39 is 5.82 Å². The van der Waals surface area contributed by atoms with E-state index in [1.54, 1.807) is 12.4 Å². The summed E-state index contributed by atoms with van der Waals surface area (Å²) < 4.78 is 32.1. The summed E-state index contributed by atoms with van der Waals surface area (Å²) in [5.41, 5.74) is 2.05. The second-order valence-electron chi connectivity index (χ2n) is 8.95. The van der Waals surface area contributed by atoms with Gasteiger partial charge >= 0.3 is 0 Å². The number of piperidine rings is 1. The molecule has 1 saturated heterocycles. The number of likely N-dealkylation sites (tertiary alicyclic amines) is 1. The van der Waals surface area contributed by atoms with Gasteiger partial charge in [-0.25, -0.2) is 19.3 Å². The number of pyridine rings is 1. The number of ether oxygens (including phenoxy) is 3. The Balaban J connectivity index is 1.24. The zero-order valence-electron chi connectivity index (χ0n) is 20.9. The van der Waals surface area contributed by atoms with E-state index in [0.717, 1.165) is 23.9 Å². The molecule has 0 aliphatic carbocycles. The first-order chi connectivity index (χ1) is 18.1. The van der Waals surface area contributed by atoms with E-state index in [0.29, 0.717) is 68.5 Å². The summed E-state index contributed by atoms with van der Waals surface area (Å²) in [6.07, 6.45) is 8.52. The summed E-state index contributed by atoms with van der Waals surface area (Å²) in [6, 6.07) is 3.49. The van der Waals surface area contributed by atoms with E-state index in [-0.39, 0.29) is 18.6 Å². The van der Waals surface area contributed by atoms with Crippen molar-refractivity contribution in [1.29, 1.82) is 0 Å². The molecule has 1 atom stereocenters. The van der Waals surface area contributed by atoms with Crippen molar-refractivity contribution in [1.82, 2.24) is 29.4 Å². The topological polar surface area (TPSA) is 107 Å². The SMILES string of the molecule is CCOCCOCCOCC(=O)N1CCC[C@H](n2ccc3cnc(-c4c[nH]c5ncc(F)cc45)nc32)C1. The third-order valence-electron chi connectivity index (χ3n) is 6.51. The summed E-state index contributed by atoms with van der Waals surface area (Å²) >= 11 is 0. The minimum absolute atomic E-state index is 0.0286. The monoisotopic (exact) mass is 510 g/mol. The van der Waals surface area contributed by atoms with Gasteiger partial charge in [0.05, 0.1) is 38.7 Å². The number of H-pyrrole nitrogens is 1. The minimum Gasteiger partial charge on any atom is -0.379 e. The lowest BCUT2D eigenvalue weighted by atomic mass is 10.1. The Hall–Kier alpha value is -3.41. The molecule has 196 valence electrons. The highest BCUT2D eigenvalue weighted by Crippen LogP contribution is 2.29. The number of rotatable bonds is 11. The maximum Gasteiger partial charge on any atom is 0.248 e. The third-order valence-corrected chi connectivity index (χ3v) is 6.51. The smallest absolute Gasteiger partial charge is 0.248 e. The van der Waals surface area contributed by atoms with Crippen LogP contribution in [0.3, 0.4) is 0 Å². The summed E-state index contributed by atoms with van der Waals surface area (Å²) in [7, 11) is 0. The Morgan fingerprint density at radius 1 is 1.16 bits per heavy atom. The summed E-state index contributed by atoms with van der Waals surface area (Å²) in [5, 5.41) is 1.54. The molecule has 0 unspecified atom stereocenters. The Morgan fingerprint density at radius 3 is 2.86 bits per heavy atom. The molecule has 0 saturated carbocycles. The van der Waals surface area contributed by atoms with E-state index in [4.69, 9.17) is 19.2 Å². The van der Waals surface area contributed by atoms with Crippen LogP contribution in [0.1, 0.15) is 25.8 Å². The number of aromatic amines is 1. The lowest BCUT2D eigenvalue weighted by Gasteiger charge is -2.33. The van der Waals surface area contributed by atoms with Crippen LogP contribution in [0.5, 0.6) is 0 Å². The first kappa shape index (κ1) is 25.2. The van der Waals surface area contributed by atoms with Crippen LogP contribution in [0.2, 0.25) is 0 Å². The predicted octanol–water partition coefficient (Wildman–Crippen LogP) is 3.35. The second-order valence-corrected chi connectivity index (χ2v) is 8.95. The predicted molar refractivity (Wildman–Crippen MR) is 136 cm³/mol. The fourth-order valence-electron chi connectivity index (χ4n) is 4.67. The van der Waals surface area contributed by atoms with Crippen molar-refractivity contribution in [3.8, 4) is 11.4 Å². The van der Waals surface area contributed by atoms with Crippen molar-refractivity contribution in [2.75, 3.05) is 52.7 Å². The zero-order valence-corrected chi connectivity index (χ0v) is 20.9. The molecule has 10 nitrogen and oxygen atoms in total. The van der Waals surface area contributed by atoms with Crippen LogP contribution in [0.4, 0.5) is 4.39 Å². The van der Waals surface area contributed by atoms with Gasteiger partial charge in [-0.05, 0) is 31.9 Å². The number of hydrogen-bond acceptors (Lipinski definition) is 7. The molecule has 0 spiro atoms. The first-order valence-electron chi connectivity index (χ1n) is 12.6. The summed E-state index contributed by atoms with van der Waals surface area (Å²) in [5.74, 6) is 0.0497. The Kier molecular flexibility index (Phi) is 8.02. The molecule has 4 aromatic rings. The third kappa shape index (κ3) is 5.79. The van der Waals surface area contributed by atoms with Gasteiger partial charge in [0.15, 0.2) is 5.82 Å². The molecule has 1 aliphatic rings. The molecule has 4 aromatic heterocycles. The van der Waals surface area contributed by atoms with Gasteiger partial charge in [0.1, 0.15) is 23.7 Å². The van der Waals surface area contributed by atoms with Gasteiger partial charge < -0.3 is 28.7 Å². The number of nitrogens with zero attached hydrogens (tertiary/aromatic N) is 5. The summed E-state index contributed by atoms with van der Waals surface area (Å²) in [6.45, 7) is 5.80. The van der Waals surface area contributed by atoms with Crippen LogP contribution < -0.4 is 0 Å². The second kappa shape index (κ2) is 11.8. The molecule has 1 aliphatic heterocycles. The molecule has 37 heavy (non-hydrogen) atoms. The lowest BCUT2D eigenvalue weighted by Crippen LogP contribution is -2.42. The van der Waals surface area contributed by atoms with E-state index in [9.17, 15) is 9.18 Å². The van der Waals surface area contributed by atoms with Gasteiger partial charge in [0.2, 0.25) is 5.91 Å². The van der Waals surface area contributed by atoms with Gasteiger partial charge in [-0.3, -0.25) is 4.79 Å². The fourth-order valence-corrected chi connectivity index (χ4v) is 4.67. The van der Waals surface area contributed by atoms with E-state index in [1.165, 1.54) is 12.3 Å².